The highest BCUT2D eigenvalue weighted by molar-refractivity contribution is 5.73. The fraction of sp³-hybridized carbons (Fsp3) is 0.900. The number of ether oxygens (including phenoxy) is 2. The van der Waals surface area contributed by atoms with Crippen LogP contribution < -0.4 is 0 Å². The van der Waals surface area contributed by atoms with E-state index in [4.69, 9.17) is 4.74 Å². The zero-order valence-electron chi connectivity index (χ0n) is 9.31. The molecule has 1 saturated heterocycles. The van der Waals surface area contributed by atoms with Gasteiger partial charge in [-0.05, 0) is 6.42 Å². The van der Waals surface area contributed by atoms with Gasteiger partial charge in [0.15, 0.2) is 0 Å². The Labute approximate surface area is 90.0 Å². The van der Waals surface area contributed by atoms with Crippen LogP contribution in [0.1, 0.15) is 6.42 Å². The summed E-state index contributed by atoms with van der Waals surface area (Å²) in [5, 5.41) is 9.65. The Morgan fingerprint density at radius 1 is 1.53 bits per heavy atom. The molecule has 0 unspecified atom stereocenters. The summed E-state index contributed by atoms with van der Waals surface area (Å²) in [7, 11) is 3.00. The Hall–Kier alpha value is -0.650. The molecule has 1 aliphatic heterocycles. The maximum absolute atomic E-state index is 11.4. The van der Waals surface area contributed by atoms with Gasteiger partial charge in [0.25, 0.3) is 0 Å². The SMILES string of the molecule is COCCN1CC[C@@H](O)[C@@H](C(=O)OC)C1. The lowest BCUT2D eigenvalue weighted by Gasteiger charge is -2.34. The Bertz CT molecular complexity index is 208. The maximum atomic E-state index is 11.4. The third kappa shape index (κ3) is 3.44. The van der Waals surface area contributed by atoms with Crippen LogP contribution in [0.3, 0.4) is 0 Å². The van der Waals surface area contributed by atoms with Crippen LogP contribution in [0.5, 0.6) is 0 Å². The monoisotopic (exact) mass is 217 g/mol. The highest BCUT2D eigenvalue weighted by Gasteiger charge is 2.33. The van der Waals surface area contributed by atoms with Crippen molar-refractivity contribution < 1.29 is 19.4 Å². The minimum Gasteiger partial charge on any atom is -0.469 e. The number of likely N-dealkylation sites (tertiary alicyclic amines) is 1. The summed E-state index contributed by atoms with van der Waals surface area (Å²) in [5.41, 5.74) is 0. The molecule has 0 saturated carbocycles. The lowest BCUT2D eigenvalue weighted by molar-refractivity contribution is -0.152. The summed E-state index contributed by atoms with van der Waals surface area (Å²) in [6.45, 7) is 2.79. The average Bonchev–Trinajstić information content (AvgIpc) is 2.27. The van der Waals surface area contributed by atoms with Crippen molar-refractivity contribution in [2.75, 3.05) is 40.5 Å². The number of nitrogens with zero attached hydrogens (tertiary/aromatic N) is 1. The Balaban J connectivity index is 2.44. The van der Waals surface area contributed by atoms with Crippen molar-refractivity contribution in [3.8, 4) is 0 Å². The third-order valence-electron chi connectivity index (χ3n) is 2.78. The average molecular weight is 217 g/mol. The lowest BCUT2D eigenvalue weighted by atomic mass is 9.95. The van der Waals surface area contributed by atoms with Gasteiger partial charge in [-0.2, -0.15) is 0 Å². The van der Waals surface area contributed by atoms with Crippen LogP contribution in [0, 0.1) is 5.92 Å². The molecule has 5 heteroatoms. The number of methoxy groups -OCH3 is 2. The summed E-state index contributed by atoms with van der Waals surface area (Å²) >= 11 is 0. The second kappa shape index (κ2) is 6.05. The third-order valence-corrected chi connectivity index (χ3v) is 2.78. The maximum Gasteiger partial charge on any atom is 0.312 e. The molecule has 0 aromatic rings. The van der Waals surface area contributed by atoms with Crippen molar-refractivity contribution in [1.82, 2.24) is 4.90 Å². The Morgan fingerprint density at radius 3 is 2.87 bits per heavy atom. The fourth-order valence-electron chi connectivity index (χ4n) is 1.81. The van der Waals surface area contributed by atoms with E-state index in [-0.39, 0.29) is 5.97 Å². The summed E-state index contributed by atoms with van der Waals surface area (Å²) in [4.78, 5) is 13.5. The first kappa shape index (κ1) is 12.4. The summed E-state index contributed by atoms with van der Waals surface area (Å²) in [6.07, 6.45) is 0.0416. The van der Waals surface area contributed by atoms with Gasteiger partial charge in [-0.1, -0.05) is 0 Å². The van der Waals surface area contributed by atoms with Gasteiger partial charge in [0, 0.05) is 26.7 Å². The molecule has 1 N–H and O–H groups in total. The highest BCUT2D eigenvalue weighted by Crippen LogP contribution is 2.18. The molecular weight excluding hydrogens is 198 g/mol. The molecule has 2 atom stereocenters. The predicted molar refractivity (Wildman–Crippen MR) is 54.4 cm³/mol. The highest BCUT2D eigenvalue weighted by atomic mass is 16.5. The topological polar surface area (TPSA) is 59.0 Å². The first-order valence-corrected chi connectivity index (χ1v) is 5.16. The van der Waals surface area contributed by atoms with E-state index in [9.17, 15) is 9.90 Å². The van der Waals surface area contributed by atoms with E-state index >= 15 is 0 Å². The second-order valence-corrected chi connectivity index (χ2v) is 3.78. The summed E-state index contributed by atoms with van der Waals surface area (Å²) in [6, 6.07) is 0. The molecule has 0 aliphatic carbocycles. The van der Waals surface area contributed by atoms with Gasteiger partial charge in [-0.3, -0.25) is 9.69 Å². The van der Waals surface area contributed by atoms with E-state index in [0.29, 0.717) is 19.6 Å². The zero-order valence-corrected chi connectivity index (χ0v) is 9.31. The largest absolute Gasteiger partial charge is 0.469 e. The van der Waals surface area contributed by atoms with Crippen LogP contribution in [-0.4, -0.2) is 62.5 Å². The number of carbonyl (C=O) groups is 1. The second-order valence-electron chi connectivity index (χ2n) is 3.78. The summed E-state index contributed by atoms with van der Waals surface area (Å²) < 4.78 is 9.63. The van der Waals surface area contributed by atoms with Gasteiger partial charge < -0.3 is 14.6 Å². The normalized spacial score (nSPS) is 27.7. The number of rotatable bonds is 4. The molecular formula is C10H19NO4. The molecule has 0 aromatic heterocycles. The molecule has 0 amide bonds. The van der Waals surface area contributed by atoms with Gasteiger partial charge in [0.05, 0.1) is 25.7 Å². The molecule has 0 spiro atoms. The molecule has 5 nitrogen and oxygen atoms in total. The molecule has 0 aromatic carbocycles. The minimum atomic E-state index is -0.573. The quantitative estimate of drug-likeness (QED) is 0.643. The van der Waals surface area contributed by atoms with Crippen LogP contribution in [0.15, 0.2) is 0 Å². The first-order chi connectivity index (χ1) is 7.19. The molecule has 1 heterocycles. The Morgan fingerprint density at radius 2 is 2.27 bits per heavy atom. The van der Waals surface area contributed by atoms with Gasteiger partial charge in [-0.15, -0.1) is 0 Å². The minimum absolute atomic E-state index is 0.329. The number of piperidine rings is 1. The van der Waals surface area contributed by atoms with Crippen LogP contribution in [0.2, 0.25) is 0 Å². The molecule has 0 bridgehead atoms. The van der Waals surface area contributed by atoms with Crippen molar-refractivity contribution in [1.29, 1.82) is 0 Å². The van der Waals surface area contributed by atoms with Crippen molar-refractivity contribution in [2.24, 2.45) is 5.92 Å². The fourth-order valence-corrected chi connectivity index (χ4v) is 1.81. The summed E-state index contributed by atoms with van der Waals surface area (Å²) in [5.74, 6) is -0.745. The first-order valence-electron chi connectivity index (χ1n) is 5.16. The van der Waals surface area contributed by atoms with Gasteiger partial charge in [0.2, 0.25) is 0 Å². The van der Waals surface area contributed by atoms with Gasteiger partial charge in [0.1, 0.15) is 0 Å². The molecule has 88 valence electrons. The number of esters is 1. The Kier molecular flexibility index (Phi) is 5.01. The molecule has 1 rings (SSSR count). The number of hydrogen-bond donors (Lipinski definition) is 1. The van der Waals surface area contributed by atoms with Crippen molar-refractivity contribution in [3.63, 3.8) is 0 Å². The van der Waals surface area contributed by atoms with E-state index in [2.05, 4.69) is 9.64 Å². The van der Waals surface area contributed by atoms with Crippen LogP contribution >= 0.6 is 0 Å². The van der Waals surface area contributed by atoms with E-state index < -0.39 is 12.0 Å². The standard InChI is InChI=1S/C10H19NO4/c1-14-6-5-11-4-3-9(12)8(7-11)10(13)15-2/h8-9,12H,3-7H2,1-2H3/t8-,9+/m0/s1. The van der Waals surface area contributed by atoms with Crippen molar-refractivity contribution in [2.45, 2.75) is 12.5 Å². The zero-order chi connectivity index (χ0) is 11.3. The van der Waals surface area contributed by atoms with Crippen molar-refractivity contribution in [3.05, 3.63) is 0 Å². The number of carbonyl (C=O) groups excluding carboxylic acids is 1. The molecule has 1 aliphatic rings. The van der Waals surface area contributed by atoms with Crippen LogP contribution in [-0.2, 0) is 14.3 Å². The number of hydrogen-bond acceptors (Lipinski definition) is 5. The molecule has 15 heavy (non-hydrogen) atoms. The van der Waals surface area contributed by atoms with E-state index in [1.165, 1.54) is 7.11 Å². The molecule has 1 fully saturated rings. The van der Waals surface area contributed by atoms with Crippen LogP contribution in [0.4, 0.5) is 0 Å². The van der Waals surface area contributed by atoms with Crippen LogP contribution in [0.25, 0.3) is 0 Å². The van der Waals surface area contributed by atoms with Gasteiger partial charge >= 0.3 is 5.97 Å². The van der Waals surface area contributed by atoms with E-state index in [1.54, 1.807) is 7.11 Å². The lowest BCUT2D eigenvalue weighted by Crippen LogP contribution is -2.47. The predicted octanol–water partition coefficient (Wildman–Crippen LogP) is -0.511. The number of aliphatic hydroxyl groups excluding tert-OH is 1. The smallest absolute Gasteiger partial charge is 0.312 e. The van der Waals surface area contributed by atoms with E-state index in [0.717, 1.165) is 13.1 Å². The number of aliphatic hydroxyl groups is 1. The van der Waals surface area contributed by atoms with Gasteiger partial charge in [-0.25, -0.2) is 0 Å². The van der Waals surface area contributed by atoms with Crippen molar-refractivity contribution >= 4 is 5.97 Å². The molecule has 0 radical (unpaired) electrons. The van der Waals surface area contributed by atoms with E-state index in [1.807, 2.05) is 0 Å².